The van der Waals surface area contributed by atoms with Crippen molar-refractivity contribution in [1.29, 1.82) is 0 Å². The lowest BCUT2D eigenvalue weighted by Gasteiger charge is -2.35. The maximum atomic E-state index is 12.9. The fourth-order valence-electron chi connectivity index (χ4n) is 3.12. The molecule has 1 aliphatic carbocycles. The molecule has 3 rings (SSSR count). The second-order valence-electron chi connectivity index (χ2n) is 5.83. The van der Waals surface area contributed by atoms with E-state index in [1.165, 1.54) is 9.40 Å². The van der Waals surface area contributed by atoms with Gasteiger partial charge in [-0.3, -0.25) is 4.79 Å². The maximum Gasteiger partial charge on any atom is 0.264 e. The first-order valence-corrected chi connectivity index (χ1v) is 9.42. The quantitative estimate of drug-likeness (QED) is 0.921. The number of nitrogens with zero attached hydrogens (tertiary/aromatic N) is 1. The van der Waals surface area contributed by atoms with Crippen molar-refractivity contribution in [3.05, 3.63) is 22.4 Å². The zero-order valence-electron chi connectivity index (χ0n) is 12.4. The molecule has 2 aromatic heterocycles. The normalized spacial score (nSPS) is 22.6. The maximum absolute atomic E-state index is 12.9. The van der Waals surface area contributed by atoms with E-state index >= 15 is 0 Å². The van der Waals surface area contributed by atoms with Gasteiger partial charge < -0.3 is 10.6 Å². The van der Waals surface area contributed by atoms with Crippen molar-refractivity contribution >= 4 is 38.0 Å². The first kappa shape index (κ1) is 15.0. The third-order valence-corrected chi connectivity index (χ3v) is 6.34. The summed E-state index contributed by atoms with van der Waals surface area (Å²) in [5, 5.41) is 2.09. The predicted octanol–water partition coefficient (Wildman–Crippen LogP) is 4.08. The van der Waals surface area contributed by atoms with Gasteiger partial charge in [0, 0.05) is 28.0 Å². The van der Waals surface area contributed by atoms with Crippen LogP contribution in [0.1, 0.15) is 48.7 Å². The molecule has 2 aromatic rings. The summed E-state index contributed by atoms with van der Waals surface area (Å²) in [5.74, 6) is 0.214. The number of hydrogen-bond acceptors (Lipinski definition) is 4. The molecule has 1 amide bonds. The minimum Gasteiger partial charge on any atom is -0.335 e. The molecular weight excluding hydrogens is 300 g/mol. The number of hydrogen-bond donors (Lipinski definition) is 1. The Bertz CT molecular complexity index is 582. The Morgan fingerprint density at radius 3 is 2.76 bits per heavy atom. The summed E-state index contributed by atoms with van der Waals surface area (Å²) in [6, 6.07) is 4.86. The van der Waals surface area contributed by atoms with Gasteiger partial charge in [-0.15, -0.1) is 22.7 Å². The van der Waals surface area contributed by atoms with Crippen LogP contribution in [0.25, 0.3) is 9.40 Å². The number of thiophene rings is 2. The van der Waals surface area contributed by atoms with Crippen molar-refractivity contribution in [2.45, 2.75) is 51.1 Å². The molecule has 2 N–H and O–H groups in total. The summed E-state index contributed by atoms with van der Waals surface area (Å²) < 4.78 is 2.45. The van der Waals surface area contributed by atoms with Crippen molar-refractivity contribution in [2.24, 2.45) is 5.73 Å². The number of nitrogens with two attached hydrogens (primary N) is 1. The lowest BCUT2D eigenvalue weighted by molar-refractivity contribution is 0.0632. The molecule has 0 aromatic carbocycles. The van der Waals surface area contributed by atoms with Crippen LogP contribution in [0.15, 0.2) is 17.5 Å². The van der Waals surface area contributed by atoms with Crippen LogP contribution in [0, 0.1) is 0 Å². The van der Waals surface area contributed by atoms with Crippen molar-refractivity contribution < 1.29 is 4.79 Å². The van der Waals surface area contributed by atoms with Gasteiger partial charge >= 0.3 is 0 Å². The number of amides is 1. The van der Waals surface area contributed by atoms with Gasteiger partial charge in [0.1, 0.15) is 0 Å². The number of carbonyl (C=O) groups is 1. The summed E-state index contributed by atoms with van der Waals surface area (Å²) in [7, 11) is 0. The van der Waals surface area contributed by atoms with E-state index in [0.717, 1.165) is 43.5 Å². The molecule has 0 saturated heterocycles. The smallest absolute Gasteiger partial charge is 0.264 e. The van der Waals surface area contributed by atoms with Gasteiger partial charge in [0.2, 0.25) is 0 Å². The molecule has 0 aliphatic heterocycles. The molecule has 1 aliphatic rings. The van der Waals surface area contributed by atoms with Gasteiger partial charge in [0.15, 0.2) is 0 Å². The molecule has 21 heavy (non-hydrogen) atoms. The fourth-order valence-corrected chi connectivity index (χ4v) is 5.18. The van der Waals surface area contributed by atoms with Gasteiger partial charge in [-0.1, -0.05) is 6.92 Å². The molecule has 0 spiro atoms. The molecule has 0 atom stereocenters. The van der Waals surface area contributed by atoms with Crippen LogP contribution in [0.2, 0.25) is 0 Å². The zero-order valence-corrected chi connectivity index (χ0v) is 14.0. The van der Waals surface area contributed by atoms with E-state index in [9.17, 15) is 4.79 Å². The number of fused-ring (bicyclic) bond motifs is 1. The molecule has 1 fully saturated rings. The van der Waals surface area contributed by atoms with E-state index in [4.69, 9.17) is 5.73 Å². The van der Waals surface area contributed by atoms with Gasteiger partial charge in [-0.25, -0.2) is 0 Å². The molecular formula is C16H22N2OS2. The summed E-state index contributed by atoms with van der Waals surface area (Å²) in [4.78, 5) is 15.9. The van der Waals surface area contributed by atoms with Gasteiger partial charge in [0.05, 0.1) is 4.88 Å². The molecule has 1 saturated carbocycles. The van der Waals surface area contributed by atoms with Crippen molar-refractivity contribution in [3.8, 4) is 0 Å². The Labute approximate surface area is 133 Å². The van der Waals surface area contributed by atoms with Crippen LogP contribution in [-0.2, 0) is 0 Å². The Kier molecular flexibility index (Phi) is 4.62. The largest absolute Gasteiger partial charge is 0.335 e. The van der Waals surface area contributed by atoms with E-state index in [1.807, 2.05) is 0 Å². The average Bonchev–Trinajstić information content (AvgIpc) is 3.06. The molecule has 0 bridgehead atoms. The SMILES string of the molecule is CCCN(C(=O)c1cc2sccc2s1)C1CCC(N)CC1. The van der Waals surface area contributed by atoms with E-state index < -0.39 is 0 Å². The second-order valence-corrected chi connectivity index (χ2v) is 7.86. The highest BCUT2D eigenvalue weighted by molar-refractivity contribution is 7.27. The highest BCUT2D eigenvalue weighted by atomic mass is 32.1. The fraction of sp³-hybridized carbons (Fsp3) is 0.562. The van der Waals surface area contributed by atoms with Crippen LogP contribution in [0.4, 0.5) is 0 Å². The Hall–Kier alpha value is -0.910. The minimum atomic E-state index is 0.214. The summed E-state index contributed by atoms with van der Waals surface area (Å²) in [6.07, 6.45) is 5.18. The average molecular weight is 322 g/mol. The highest BCUT2D eigenvalue weighted by Crippen LogP contribution is 2.32. The molecule has 0 unspecified atom stereocenters. The first-order chi connectivity index (χ1) is 10.2. The van der Waals surface area contributed by atoms with E-state index in [1.54, 1.807) is 22.7 Å². The van der Waals surface area contributed by atoms with Crippen LogP contribution in [-0.4, -0.2) is 29.4 Å². The van der Waals surface area contributed by atoms with Crippen LogP contribution in [0.5, 0.6) is 0 Å². The molecule has 5 heteroatoms. The molecule has 3 nitrogen and oxygen atoms in total. The standard InChI is InChI=1S/C16H22N2OS2/c1-2-8-18(12-5-3-11(17)4-6-12)16(19)15-10-14-13(21-15)7-9-20-14/h7,9-12H,2-6,8,17H2,1H3. The highest BCUT2D eigenvalue weighted by Gasteiger charge is 2.28. The van der Waals surface area contributed by atoms with Crippen molar-refractivity contribution in [3.63, 3.8) is 0 Å². The zero-order chi connectivity index (χ0) is 14.8. The predicted molar refractivity (Wildman–Crippen MR) is 91.3 cm³/mol. The number of carbonyl (C=O) groups excluding carboxylic acids is 1. The minimum absolute atomic E-state index is 0.214. The lowest BCUT2D eigenvalue weighted by atomic mass is 9.90. The summed E-state index contributed by atoms with van der Waals surface area (Å²) >= 11 is 3.33. The van der Waals surface area contributed by atoms with Crippen molar-refractivity contribution in [1.82, 2.24) is 4.90 Å². The van der Waals surface area contributed by atoms with Crippen molar-refractivity contribution in [2.75, 3.05) is 6.54 Å². The van der Waals surface area contributed by atoms with E-state index in [2.05, 4.69) is 29.3 Å². The third kappa shape index (κ3) is 3.15. The summed E-state index contributed by atoms with van der Waals surface area (Å²) in [5.41, 5.74) is 6.00. The first-order valence-electron chi connectivity index (χ1n) is 7.72. The molecule has 0 radical (unpaired) electrons. The summed E-state index contributed by atoms with van der Waals surface area (Å²) in [6.45, 7) is 2.99. The Morgan fingerprint density at radius 2 is 2.10 bits per heavy atom. The van der Waals surface area contributed by atoms with Crippen LogP contribution in [0.3, 0.4) is 0 Å². The second kappa shape index (κ2) is 6.46. The topological polar surface area (TPSA) is 46.3 Å². The molecule has 114 valence electrons. The van der Waals surface area contributed by atoms with Gasteiger partial charge in [0.25, 0.3) is 5.91 Å². The Balaban J connectivity index is 1.79. The lowest BCUT2D eigenvalue weighted by Crippen LogP contribution is -2.44. The van der Waals surface area contributed by atoms with E-state index in [0.29, 0.717) is 12.1 Å². The Morgan fingerprint density at radius 1 is 1.33 bits per heavy atom. The van der Waals surface area contributed by atoms with E-state index in [-0.39, 0.29) is 5.91 Å². The van der Waals surface area contributed by atoms with Crippen LogP contribution >= 0.6 is 22.7 Å². The monoisotopic (exact) mass is 322 g/mol. The molecule has 2 heterocycles. The van der Waals surface area contributed by atoms with Gasteiger partial charge in [-0.2, -0.15) is 0 Å². The van der Waals surface area contributed by atoms with Crippen LogP contribution < -0.4 is 5.73 Å². The third-order valence-electron chi connectivity index (χ3n) is 4.26. The van der Waals surface area contributed by atoms with Gasteiger partial charge in [-0.05, 0) is 49.6 Å². The number of rotatable bonds is 4.